The molecule has 16 heavy (non-hydrogen) atoms. The first-order valence-corrected chi connectivity index (χ1v) is 4.67. The van der Waals surface area contributed by atoms with E-state index in [4.69, 9.17) is 17.3 Å². The molecule has 1 amide bonds. The van der Waals surface area contributed by atoms with Crippen molar-refractivity contribution in [2.45, 2.75) is 19.4 Å². The Morgan fingerprint density at radius 2 is 2.12 bits per heavy atom. The van der Waals surface area contributed by atoms with Gasteiger partial charge in [0.05, 0.1) is 0 Å². The van der Waals surface area contributed by atoms with Crippen molar-refractivity contribution < 1.29 is 4.79 Å². The molecule has 1 heterocycles. The molecule has 1 rings (SSSR count). The number of primary amides is 1. The molecule has 8 nitrogen and oxygen atoms in total. The molecule has 1 unspecified atom stereocenters. The van der Waals surface area contributed by atoms with E-state index >= 15 is 0 Å². The monoisotopic (exact) mass is 225 g/mol. The highest BCUT2D eigenvalue weighted by atomic mass is 16.1. The van der Waals surface area contributed by atoms with Gasteiger partial charge in [-0.1, -0.05) is 0 Å². The van der Waals surface area contributed by atoms with Crippen molar-refractivity contribution in [1.82, 2.24) is 9.97 Å². The van der Waals surface area contributed by atoms with E-state index in [1.165, 1.54) is 0 Å². The van der Waals surface area contributed by atoms with Crippen LogP contribution in [0.1, 0.15) is 13.3 Å². The van der Waals surface area contributed by atoms with Gasteiger partial charge in [-0.05, 0) is 6.92 Å². The third kappa shape index (κ3) is 3.58. The summed E-state index contributed by atoms with van der Waals surface area (Å²) in [5, 5.41) is 2.96. The average Bonchev–Trinajstić information content (AvgIpc) is 2.14. The summed E-state index contributed by atoms with van der Waals surface area (Å²) >= 11 is 0. The predicted molar refractivity (Wildman–Crippen MR) is 61.2 cm³/mol. The Morgan fingerprint density at radius 3 is 2.69 bits per heavy atom. The lowest BCUT2D eigenvalue weighted by Crippen LogP contribution is -2.24. The maximum absolute atomic E-state index is 10.7. The fraction of sp³-hybridized carbons (Fsp3) is 0.375. The zero-order valence-corrected chi connectivity index (χ0v) is 8.90. The van der Waals surface area contributed by atoms with Gasteiger partial charge in [-0.3, -0.25) is 4.79 Å². The van der Waals surface area contributed by atoms with Crippen LogP contribution in [0.4, 0.5) is 17.6 Å². The summed E-state index contributed by atoms with van der Waals surface area (Å²) in [5.74, 6) is 5.77. The SMILES string of the molecule is CC(CC(N)=O)Nc1cc(NN)nc(N)n1. The molecule has 0 saturated heterocycles. The van der Waals surface area contributed by atoms with Gasteiger partial charge in [-0.15, -0.1) is 0 Å². The summed E-state index contributed by atoms with van der Waals surface area (Å²) < 4.78 is 0. The Balaban J connectivity index is 2.72. The molecule has 1 aromatic heterocycles. The smallest absolute Gasteiger partial charge is 0.223 e. The zero-order chi connectivity index (χ0) is 12.1. The molecule has 0 spiro atoms. The van der Waals surface area contributed by atoms with Crippen LogP contribution in [0.5, 0.6) is 0 Å². The molecule has 0 aromatic carbocycles. The quantitative estimate of drug-likeness (QED) is 0.320. The summed E-state index contributed by atoms with van der Waals surface area (Å²) in [6.07, 6.45) is 0.204. The summed E-state index contributed by atoms with van der Waals surface area (Å²) in [7, 11) is 0. The Morgan fingerprint density at radius 1 is 1.50 bits per heavy atom. The molecule has 0 fully saturated rings. The molecule has 0 radical (unpaired) electrons. The number of nitrogens with two attached hydrogens (primary N) is 3. The van der Waals surface area contributed by atoms with Gasteiger partial charge in [0.2, 0.25) is 11.9 Å². The lowest BCUT2D eigenvalue weighted by molar-refractivity contribution is -0.118. The highest BCUT2D eigenvalue weighted by molar-refractivity contribution is 5.74. The molecule has 0 saturated carbocycles. The number of hydrazine groups is 1. The molecule has 0 aliphatic heterocycles. The number of aromatic nitrogens is 2. The van der Waals surface area contributed by atoms with E-state index in [2.05, 4.69) is 20.7 Å². The fourth-order valence-electron chi connectivity index (χ4n) is 1.22. The third-order valence-corrected chi connectivity index (χ3v) is 1.79. The molecule has 0 aliphatic rings. The van der Waals surface area contributed by atoms with Gasteiger partial charge < -0.3 is 22.2 Å². The van der Waals surface area contributed by atoms with Crippen molar-refractivity contribution in [3.05, 3.63) is 6.07 Å². The van der Waals surface area contributed by atoms with Gasteiger partial charge >= 0.3 is 0 Å². The fourth-order valence-corrected chi connectivity index (χ4v) is 1.22. The van der Waals surface area contributed by atoms with E-state index in [1.54, 1.807) is 13.0 Å². The maximum Gasteiger partial charge on any atom is 0.223 e. The Bertz CT molecular complexity index is 381. The normalized spacial score (nSPS) is 11.9. The van der Waals surface area contributed by atoms with Gasteiger partial charge in [-0.25, -0.2) is 5.84 Å². The van der Waals surface area contributed by atoms with Gasteiger partial charge in [0, 0.05) is 18.5 Å². The largest absolute Gasteiger partial charge is 0.370 e. The highest BCUT2D eigenvalue weighted by Crippen LogP contribution is 2.12. The van der Waals surface area contributed by atoms with Crippen molar-refractivity contribution >= 4 is 23.5 Å². The topological polar surface area (TPSA) is 145 Å². The summed E-state index contributed by atoms with van der Waals surface area (Å²) in [6, 6.07) is 1.44. The molecule has 1 atom stereocenters. The molecular weight excluding hydrogens is 210 g/mol. The number of carbonyl (C=O) groups is 1. The second kappa shape index (κ2) is 5.12. The number of anilines is 3. The first-order chi connectivity index (χ1) is 7.51. The van der Waals surface area contributed by atoms with Gasteiger partial charge in [-0.2, -0.15) is 9.97 Å². The number of carbonyl (C=O) groups excluding carboxylic acids is 1. The van der Waals surface area contributed by atoms with Crippen molar-refractivity contribution in [2.75, 3.05) is 16.5 Å². The second-order valence-corrected chi connectivity index (χ2v) is 3.36. The number of hydrogen-bond donors (Lipinski definition) is 5. The van der Waals surface area contributed by atoms with E-state index in [-0.39, 0.29) is 24.3 Å². The van der Waals surface area contributed by atoms with E-state index in [0.717, 1.165) is 0 Å². The number of amides is 1. The molecule has 8 N–H and O–H groups in total. The molecule has 0 bridgehead atoms. The zero-order valence-electron chi connectivity index (χ0n) is 8.90. The molecule has 88 valence electrons. The van der Waals surface area contributed by atoms with E-state index in [9.17, 15) is 4.79 Å². The number of nitrogens with zero attached hydrogens (tertiary/aromatic N) is 2. The van der Waals surface area contributed by atoms with Gasteiger partial charge in [0.15, 0.2) is 0 Å². The Labute approximate surface area is 92.6 Å². The van der Waals surface area contributed by atoms with Gasteiger partial charge in [0.1, 0.15) is 11.6 Å². The Hall–Kier alpha value is -2.09. The molecule has 8 heteroatoms. The van der Waals surface area contributed by atoms with Crippen LogP contribution in [0.2, 0.25) is 0 Å². The second-order valence-electron chi connectivity index (χ2n) is 3.36. The van der Waals surface area contributed by atoms with Crippen LogP contribution in [-0.4, -0.2) is 21.9 Å². The van der Waals surface area contributed by atoms with Crippen LogP contribution < -0.4 is 28.1 Å². The summed E-state index contributed by atoms with van der Waals surface area (Å²) in [5.41, 5.74) is 12.9. The van der Waals surface area contributed by atoms with Crippen molar-refractivity contribution in [1.29, 1.82) is 0 Å². The standard InChI is InChI=1S/C8H15N7O/c1-4(2-5(9)16)12-6-3-7(15-11)14-8(10)13-6/h3-4H,2,11H2,1H3,(H2,9,16)(H4,10,12,13,14,15). The molecule has 0 aliphatic carbocycles. The molecular formula is C8H15N7O. The first-order valence-electron chi connectivity index (χ1n) is 4.67. The minimum atomic E-state index is -0.390. The van der Waals surface area contributed by atoms with Crippen molar-refractivity contribution in [3.8, 4) is 0 Å². The number of rotatable bonds is 5. The minimum absolute atomic E-state index is 0.0872. The molecule has 1 aromatic rings. The van der Waals surface area contributed by atoms with Crippen LogP contribution in [0.15, 0.2) is 6.07 Å². The van der Waals surface area contributed by atoms with Gasteiger partial charge in [0.25, 0.3) is 0 Å². The third-order valence-electron chi connectivity index (χ3n) is 1.79. The number of nitrogen functional groups attached to an aromatic ring is 2. The Kier molecular flexibility index (Phi) is 3.84. The van der Waals surface area contributed by atoms with E-state index in [0.29, 0.717) is 11.6 Å². The first kappa shape index (κ1) is 12.0. The van der Waals surface area contributed by atoms with Crippen LogP contribution in [-0.2, 0) is 4.79 Å². The van der Waals surface area contributed by atoms with Crippen molar-refractivity contribution in [3.63, 3.8) is 0 Å². The summed E-state index contributed by atoms with van der Waals surface area (Å²) in [6.45, 7) is 1.80. The maximum atomic E-state index is 10.7. The van der Waals surface area contributed by atoms with E-state index < -0.39 is 0 Å². The lowest BCUT2D eigenvalue weighted by Gasteiger charge is -2.13. The van der Waals surface area contributed by atoms with Crippen molar-refractivity contribution in [2.24, 2.45) is 11.6 Å². The van der Waals surface area contributed by atoms with E-state index in [1.807, 2.05) is 0 Å². The van der Waals surface area contributed by atoms with Crippen LogP contribution in [0, 0.1) is 0 Å². The average molecular weight is 225 g/mol. The van der Waals surface area contributed by atoms with Crippen LogP contribution in [0.3, 0.4) is 0 Å². The lowest BCUT2D eigenvalue weighted by atomic mass is 10.2. The van der Waals surface area contributed by atoms with Crippen LogP contribution in [0.25, 0.3) is 0 Å². The highest BCUT2D eigenvalue weighted by Gasteiger charge is 2.08. The number of hydrogen-bond acceptors (Lipinski definition) is 7. The predicted octanol–water partition coefficient (Wildman–Crippen LogP) is -0.980. The summed E-state index contributed by atoms with van der Waals surface area (Å²) in [4.78, 5) is 18.4. The minimum Gasteiger partial charge on any atom is -0.370 e. The van der Waals surface area contributed by atoms with Crippen LogP contribution >= 0.6 is 0 Å². The number of nitrogens with one attached hydrogen (secondary N) is 2.